The Labute approximate surface area is 105 Å². The van der Waals surface area contributed by atoms with Crippen molar-refractivity contribution in [1.82, 2.24) is 0 Å². The van der Waals surface area contributed by atoms with E-state index < -0.39 is 5.97 Å². The molecular weight excluding hydrogens is 226 g/mol. The van der Waals surface area contributed by atoms with Crippen molar-refractivity contribution in [2.75, 3.05) is 0 Å². The van der Waals surface area contributed by atoms with Gasteiger partial charge in [0.25, 0.3) is 0 Å². The molecule has 2 aromatic rings. The minimum absolute atomic E-state index is 0.168. The summed E-state index contributed by atoms with van der Waals surface area (Å²) in [6.45, 7) is 0. The maximum atomic E-state index is 10.8. The molecular formula is C15H13NO2. The molecule has 2 rings (SSSR count). The molecule has 0 fully saturated rings. The molecule has 18 heavy (non-hydrogen) atoms. The lowest BCUT2D eigenvalue weighted by Crippen LogP contribution is -2.09. The van der Waals surface area contributed by atoms with Gasteiger partial charge >= 0.3 is 5.97 Å². The molecule has 0 amide bonds. The Balaban J connectivity index is 2.51. The van der Waals surface area contributed by atoms with Crippen LogP contribution in [0.15, 0.2) is 60.3 Å². The average molecular weight is 239 g/mol. The van der Waals surface area contributed by atoms with Crippen LogP contribution in [-0.4, -0.2) is 11.1 Å². The lowest BCUT2D eigenvalue weighted by Gasteiger charge is -2.06. The van der Waals surface area contributed by atoms with Gasteiger partial charge in [0.15, 0.2) is 0 Å². The molecule has 0 aliphatic heterocycles. The van der Waals surface area contributed by atoms with E-state index in [-0.39, 0.29) is 5.70 Å². The van der Waals surface area contributed by atoms with Crippen molar-refractivity contribution in [3.05, 3.63) is 65.9 Å². The van der Waals surface area contributed by atoms with Crippen LogP contribution in [0, 0.1) is 0 Å². The van der Waals surface area contributed by atoms with Gasteiger partial charge in [-0.2, -0.15) is 0 Å². The summed E-state index contributed by atoms with van der Waals surface area (Å²) in [6, 6.07) is 17.3. The fraction of sp³-hybridized carbons (Fsp3) is 0. The third-order valence-corrected chi connectivity index (χ3v) is 2.60. The summed E-state index contributed by atoms with van der Waals surface area (Å²) < 4.78 is 0. The van der Waals surface area contributed by atoms with Gasteiger partial charge in [0.05, 0.1) is 0 Å². The second kappa shape index (κ2) is 5.19. The predicted octanol–water partition coefficient (Wildman–Crippen LogP) is 2.74. The standard InChI is InChI=1S/C15H13NO2/c16-14(15(17)18)10-12-8-4-5-9-13(12)11-6-2-1-3-7-11/h1-10H,16H2,(H,17,18). The molecule has 0 heterocycles. The van der Waals surface area contributed by atoms with E-state index in [4.69, 9.17) is 10.8 Å². The molecule has 0 aliphatic rings. The zero-order valence-corrected chi connectivity index (χ0v) is 9.71. The molecule has 0 atom stereocenters. The van der Waals surface area contributed by atoms with Crippen molar-refractivity contribution in [3.63, 3.8) is 0 Å². The maximum absolute atomic E-state index is 10.8. The van der Waals surface area contributed by atoms with E-state index in [0.29, 0.717) is 0 Å². The summed E-state index contributed by atoms with van der Waals surface area (Å²) in [7, 11) is 0. The third-order valence-electron chi connectivity index (χ3n) is 2.60. The van der Waals surface area contributed by atoms with Crippen LogP contribution < -0.4 is 5.73 Å². The number of aliphatic carboxylic acids is 1. The molecule has 0 bridgehead atoms. The van der Waals surface area contributed by atoms with Gasteiger partial charge in [-0.3, -0.25) is 0 Å². The highest BCUT2D eigenvalue weighted by Crippen LogP contribution is 2.24. The van der Waals surface area contributed by atoms with E-state index in [9.17, 15) is 4.79 Å². The molecule has 90 valence electrons. The van der Waals surface area contributed by atoms with Crippen LogP contribution in [0.3, 0.4) is 0 Å². The highest BCUT2D eigenvalue weighted by molar-refractivity contribution is 5.92. The van der Waals surface area contributed by atoms with Crippen molar-refractivity contribution in [3.8, 4) is 11.1 Å². The van der Waals surface area contributed by atoms with Crippen LogP contribution in [0.4, 0.5) is 0 Å². The highest BCUT2D eigenvalue weighted by Gasteiger charge is 2.05. The second-order valence-corrected chi connectivity index (χ2v) is 3.86. The van der Waals surface area contributed by atoms with Crippen LogP contribution in [-0.2, 0) is 4.79 Å². The maximum Gasteiger partial charge on any atom is 0.351 e. The Morgan fingerprint density at radius 3 is 2.28 bits per heavy atom. The van der Waals surface area contributed by atoms with E-state index >= 15 is 0 Å². The van der Waals surface area contributed by atoms with Crippen LogP contribution in [0.1, 0.15) is 5.56 Å². The van der Waals surface area contributed by atoms with Gasteiger partial charge in [0, 0.05) is 0 Å². The van der Waals surface area contributed by atoms with Crippen LogP contribution >= 0.6 is 0 Å². The molecule has 0 spiro atoms. The lowest BCUT2D eigenvalue weighted by atomic mass is 9.99. The first kappa shape index (κ1) is 11.9. The molecule has 0 aromatic heterocycles. The number of benzene rings is 2. The van der Waals surface area contributed by atoms with Gasteiger partial charge in [-0.1, -0.05) is 54.6 Å². The van der Waals surface area contributed by atoms with Crippen molar-refractivity contribution in [2.45, 2.75) is 0 Å². The topological polar surface area (TPSA) is 63.3 Å². The lowest BCUT2D eigenvalue weighted by molar-refractivity contribution is -0.132. The number of rotatable bonds is 3. The summed E-state index contributed by atoms with van der Waals surface area (Å²) in [5, 5.41) is 8.81. The third kappa shape index (κ3) is 2.58. The van der Waals surface area contributed by atoms with Crippen LogP contribution in [0.25, 0.3) is 17.2 Å². The van der Waals surface area contributed by atoms with Gasteiger partial charge in [0.1, 0.15) is 5.70 Å². The van der Waals surface area contributed by atoms with Gasteiger partial charge in [-0.15, -0.1) is 0 Å². The molecule has 0 radical (unpaired) electrons. The minimum atomic E-state index is -1.11. The second-order valence-electron chi connectivity index (χ2n) is 3.86. The number of carboxylic acid groups (broad SMARTS) is 1. The molecule has 3 nitrogen and oxygen atoms in total. The number of carboxylic acids is 1. The summed E-state index contributed by atoms with van der Waals surface area (Å²) in [5.41, 5.74) is 8.07. The van der Waals surface area contributed by atoms with Gasteiger partial charge in [-0.05, 0) is 22.8 Å². The van der Waals surface area contributed by atoms with E-state index in [1.807, 2.05) is 54.6 Å². The van der Waals surface area contributed by atoms with E-state index in [1.54, 1.807) is 0 Å². The smallest absolute Gasteiger partial charge is 0.351 e. The van der Waals surface area contributed by atoms with Gasteiger partial charge < -0.3 is 10.8 Å². The summed E-state index contributed by atoms with van der Waals surface area (Å²) in [6.07, 6.45) is 1.48. The zero-order chi connectivity index (χ0) is 13.0. The van der Waals surface area contributed by atoms with Crippen LogP contribution in [0.5, 0.6) is 0 Å². The van der Waals surface area contributed by atoms with E-state index in [0.717, 1.165) is 16.7 Å². The molecule has 2 aromatic carbocycles. The highest BCUT2D eigenvalue weighted by atomic mass is 16.4. The Morgan fingerprint density at radius 1 is 1.00 bits per heavy atom. The van der Waals surface area contributed by atoms with E-state index in [2.05, 4.69) is 0 Å². The normalized spacial score (nSPS) is 11.2. The van der Waals surface area contributed by atoms with E-state index in [1.165, 1.54) is 6.08 Å². The molecule has 0 aliphatic carbocycles. The first-order chi connectivity index (χ1) is 8.68. The Hall–Kier alpha value is -2.55. The summed E-state index contributed by atoms with van der Waals surface area (Å²) in [5.74, 6) is -1.11. The number of hydrogen-bond donors (Lipinski definition) is 2. The summed E-state index contributed by atoms with van der Waals surface area (Å²) >= 11 is 0. The Morgan fingerprint density at radius 2 is 1.61 bits per heavy atom. The SMILES string of the molecule is NC(=Cc1ccccc1-c1ccccc1)C(=O)O. The predicted molar refractivity (Wildman–Crippen MR) is 71.7 cm³/mol. The molecule has 0 unspecified atom stereocenters. The van der Waals surface area contributed by atoms with Crippen molar-refractivity contribution in [2.24, 2.45) is 5.73 Å². The average Bonchev–Trinajstić information content (AvgIpc) is 2.40. The zero-order valence-electron chi connectivity index (χ0n) is 9.71. The quantitative estimate of drug-likeness (QED) is 0.809. The molecule has 0 saturated carbocycles. The fourth-order valence-corrected chi connectivity index (χ4v) is 1.73. The first-order valence-corrected chi connectivity index (χ1v) is 5.53. The molecule has 3 heteroatoms. The number of hydrogen-bond acceptors (Lipinski definition) is 2. The monoisotopic (exact) mass is 239 g/mol. The van der Waals surface area contributed by atoms with Crippen molar-refractivity contribution in [1.29, 1.82) is 0 Å². The summed E-state index contributed by atoms with van der Waals surface area (Å²) in [4.78, 5) is 10.8. The Bertz CT molecular complexity index is 588. The van der Waals surface area contributed by atoms with Crippen LogP contribution in [0.2, 0.25) is 0 Å². The van der Waals surface area contributed by atoms with Crippen molar-refractivity contribution >= 4 is 12.0 Å². The minimum Gasteiger partial charge on any atom is -0.477 e. The Kier molecular flexibility index (Phi) is 3.44. The van der Waals surface area contributed by atoms with Gasteiger partial charge in [0.2, 0.25) is 0 Å². The van der Waals surface area contributed by atoms with Gasteiger partial charge in [-0.25, -0.2) is 4.79 Å². The molecule has 0 saturated heterocycles. The number of carbonyl (C=O) groups is 1. The number of nitrogens with two attached hydrogens (primary N) is 1. The fourth-order valence-electron chi connectivity index (χ4n) is 1.73. The van der Waals surface area contributed by atoms with Crippen molar-refractivity contribution < 1.29 is 9.90 Å². The molecule has 3 N–H and O–H groups in total. The first-order valence-electron chi connectivity index (χ1n) is 5.53. The largest absolute Gasteiger partial charge is 0.477 e.